The molecule has 0 aliphatic heterocycles. The highest BCUT2D eigenvalue weighted by Crippen LogP contribution is 2.35. The van der Waals surface area contributed by atoms with Gasteiger partial charge in [0.25, 0.3) is 0 Å². The Bertz CT molecular complexity index is 350. The van der Waals surface area contributed by atoms with Crippen molar-refractivity contribution < 1.29 is 0 Å². The van der Waals surface area contributed by atoms with Crippen molar-refractivity contribution in [3.63, 3.8) is 0 Å². The maximum absolute atomic E-state index is 6.24. The van der Waals surface area contributed by atoms with E-state index in [0.717, 1.165) is 29.6 Å². The van der Waals surface area contributed by atoms with E-state index in [1.165, 1.54) is 25.7 Å². The van der Waals surface area contributed by atoms with Crippen LogP contribution in [-0.4, -0.2) is 11.5 Å². The lowest BCUT2D eigenvalue weighted by Gasteiger charge is -2.30. The molecule has 0 amide bonds. The molecule has 1 aliphatic carbocycles. The normalized spacial score (nSPS) is 17.8. The summed E-state index contributed by atoms with van der Waals surface area (Å²) in [5, 5.41) is 4.37. The van der Waals surface area contributed by atoms with Gasteiger partial charge in [0.15, 0.2) is 0 Å². The average Bonchev–Trinajstić information content (AvgIpc) is 2.28. The van der Waals surface area contributed by atoms with E-state index in [1.54, 1.807) is 0 Å². The molecule has 1 aliphatic rings. The SMILES string of the molecule is CCCNC(CC1CCC1)c1ncccc1Cl. The Morgan fingerprint density at radius 1 is 1.53 bits per heavy atom. The number of nitrogens with zero attached hydrogens (tertiary/aromatic N) is 1. The van der Waals surface area contributed by atoms with Crippen molar-refractivity contribution >= 4 is 11.6 Å². The first-order valence-corrected chi connectivity index (χ1v) is 7.03. The molecule has 2 nitrogen and oxygen atoms in total. The zero-order valence-electron chi connectivity index (χ0n) is 10.5. The van der Waals surface area contributed by atoms with E-state index in [4.69, 9.17) is 11.6 Å². The van der Waals surface area contributed by atoms with Crippen LogP contribution in [0.1, 0.15) is 50.8 Å². The van der Waals surface area contributed by atoms with Gasteiger partial charge in [-0.25, -0.2) is 0 Å². The highest BCUT2D eigenvalue weighted by atomic mass is 35.5. The number of pyridine rings is 1. The Kier molecular flexibility index (Phi) is 4.81. The monoisotopic (exact) mass is 252 g/mol. The van der Waals surface area contributed by atoms with Crippen molar-refractivity contribution in [2.24, 2.45) is 5.92 Å². The van der Waals surface area contributed by atoms with Gasteiger partial charge in [0.1, 0.15) is 0 Å². The first kappa shape index (κ1) is 12.8. The number of hydrogen-bond donors (Lipinski definition) is 1. The summed E-state index contributed by atoms with van der Waals surface area (Å²) in [5.74, 6) is 0.863. The fourth-order valence-electron chi connectivity index (χ4n) is 2.33. The summed E-state index contributed by atoms with van der Waals surface area (Å²) in [7, 11) is 0. The van der Waals surface area contributed by atoms with Gasteiger partial charge >= 0.3 is 0 Å². The molecule has 17 heavy (non-hydrogen) atoms. The van der Waals surface area contributed by atoms with Crippen molar-refractivity contribution in [2.75, 3.05) is 6.54 Å². The Balaban J connectivity index is 2.05. The minimum absolute atomic E-state index is 0.328. The molecule has 0 saturated heterocycles. The summed E-state index contributed by atoms with van der Waals surface area (Å²) in [6.07, 6.45) is 8.29. The predicted molar refractivity (Wildman–Crippen MR) is 72.2 cm³/mol. The molecule has 0 bridgehead atoms. The lowest BCUT2D eigenvalue weighted by Crippen LogP contribution is -2.27. The van der Waals surface area contributed by atoms with Crippen LogP contribution in [0.5, 0.6) is 0 Å². The number of nitrogens with one attached hydrogen (secondary N) is 1. The maximum Gasteiger partial charge on any atom is 0.0759 e. The fourth-order valence-corrected chi connectivity index (χ4v) is 2.58. The van der Waals surface area contributed by atoms with Crippen molar-refractivity contribution in [1.29, 1.82) is 0 Å². The highest BCUT2D eigenvalue weighted by Gasteiger charge is 2.24. The molecule has 0 spiro atoms. The van der Waals surface area contributed by atoms with E-state index in [0.29, 0.717) is 6.04 Å². The van der Waals surface area contributed by atoms with Gasteiger partial charge in [-0.2, -0.15) is 0 Å². The van der Waals surface area contributed by atoms with Gasteiger partial charge in [-0.3, -0.25) is 4.98 Å². The molecule has 1 heterocycles. The van der Waals surface area contributed by atoms with E-state index < -0.39 is 0 Å². The summed E-state index contributed by atoms with van der Waals surface area (Å²) >= 11 is 6.24. The topological polar surface area (TPSA) is 24.9 Å². The van der Waals surface area contributed by atoms with Crippen LogP contribution in [0, 0.1) is 5.92 Å². The highest BCUT2D eigenvalue weighted by molar-refractivity contribution is 6.31. The Morgan fingerprint density at radius 3 is 2.94 bits per heavy atom. The number of aromatic nitrogens is 1. The van der Waals surface area contributed by atoms with Crippen LogP contribution in [0.15, 0.2) is 18.3 Å². The molecule has 1 aromatic heterocycles. The van der Waals surface area contributed by atoms with E-state index in [-0.39, 0.29) is 0 Å². The molecule has 1 saturated carbocycles. The van der Waals surface area contributed by atoms with Crippen LogP contribution in [-0.2, 0) is 0 Å². The second-order valence-corrected chi connectivity index (χ2v) is 5.32. The van der Waals surface area contributed by atoms with Crippen LogP contribution in [0.4, 0.5) is 0 Å². The van der Waals surface area contributed by atoms with E-state index in [1.807, 2.05) is 18.3 Å². The summed E-state index contributed by atoms with van der Waals surface area (Å²) in [6, 6.07) is 4.16. The second-order valence-electron chi connectivity index (χ2n) is 4.91. The summed E-state index contributed by atoms with van der Waals surface area (Å²) in [5.41, 5.74) is 1.02. The van der Waals surface area contributed by atoms with Crippen LogP contribution < -0.4 is 5.32 Å². The minimum Gasteiger partial charge on any atom is -0.309 e. The third kappa shape index (κ3) is 3.43. The average molecular weight is 253 g/mol. The summed E-state index contributed by atoms with van der Waals surface area (Å²) < 4.78 is 0. The molecule has 1 fully saturated rings. The van der Waals surface area contributed by atoms with E-state index in [9.17, 15) is 0 Å². The molecule has 94 valence electrons. The van der Waals surface area contributed by atoms with Crippen LogP contribution in [0.2, 0.25) is 5.02 Å². The van der Waals surface area contributed by atoms with Crippen LogP contribution in [0.3, 0.4) is 0 Å². The van der Waals surface area contributed by atoms with Gasteiger partial charge in [0.05, 0.1) is 16.8 Å². The van der Waals surface area contributed by atoms with Gasteiger partial charge in [-0.1, -0.05) is 37.8 Å². The molecule has 1 N–H and O–H groups in total. The molecular formula is C14H21ClN2. The summed E-state index contributed by atoms with van der Waals surface area (Å²) in [6.45, 7) is 3.22. The smallest absolute Gasteiger partial charge is 0.0759 e. The van der Waals surface area contributed by atoms with Gasteiger partial charge in [0.2, 0.25) is 0 Å². The number of halogens is 1. The zero-order chi connectivity index (χ0) is 12.1. The lowest BCUT2D eigenvalue weighted by molar-refractivity contribution is 0.259. The first-order valence-electron chi connectivity index (χ1n) is 6.65. The van der Waals surface area contributed by atoms with Gasteiger partial charge in [-0.15, -0.1) is 0 Å². The quantitative estimate of drug-likeness (QED) is 0.829. The van der Waals surface area contributed by atoms with E-state index >= 15 is 0 Å². The third-order valence-electron chi connectivity index (χ3n) is 3.55. The van der Waals surface area contributed by atoms with Gasteiger partial charge in [0, 0.05) is 6.20 Å². The first-order chi connectivity index (χ1) is 8.31. The van der Waals surface area contributed by atoms with Gasteiger partial charge < -0.3 is 5.32 Å². The Hall–Kier alpha value is -0.600. The van der Waals surface area contributed by atoms with Crippen molar-refractivity contribution in [3.05, 3.63) is 29.0 Å². The maximum atomic E-state index is 6.24. The van der Waals surface area contributed by atoms with Gasteiger partial charge in [-0.05, 0) is 37.4 Å². The van der Waals surface area contributed by atoms with Crippen LogP contribution >= 0.6 is 11.6 Å². The molecule has 2 rings (SSSR count). The predicted octanol–water partition coefficient (Wildman–Crippen LogP) is 3.97. The van der Waals surface area contributed by atoms with Crippen molar-refractivity contribution in [2.45, 2.75) is 45.1 Å². The Labute approximate surface area is 109 Å². The number of rotatable bonds is 6. The molecule has 0 radical (unpaired) electrons. The molecule has 1 unspecified atom stereocenters. The zero-order valence-corrected chi connectivity index (χ0v) is 11.2. The third-order valence-corrected chi connectivity index (χ3v) is 3.87. The Morgan fingerprint density at radius 2 is 2.35 bits per heavy atom. The largest absolute Gasteiger partial charge is 0.309 e. The minimum atomic E-state index is 0.328. The molecule has 1 aromatic rings. The summed E-state index contributed by atoms with van der Waals surface area (Å²) in [4.78, 5) is 4.45. The fraction of sp³-hybridized carbons (Fsp3) is 0.643. The number of hydrogen-bond acceptors (Lipinski definition) is 2. The second kappa shape index (κ2) is 6.36. The molecular weight excluding hydrogens is 232 g/mol. The molecule has 0 aromatic carbocycles. The standard InChI is InChI=1S/C14H21ClN2/c1-2-8-16-13(10-11-5-3-6-11)14-12(15)7-4-9-17-14/h4,7,9,11,13,16H,2-3,5-6,8,10H2,1H3. The molecule has 3 heteroatoms. The van der Waals surface area contributed by atoms with Crippen molar-refractivity contribution in [3.8, 4) is 0 Å². The van der Waals surface area contributed by atoms with Crippen LogP contribution in [0.25, 0.3) is 0 Å². The molecule has 1 atom stereocenters. The van der Waals surface area contributed by atoms with Crippen molar-refractivity contribution in [1.82, 2.24) is 10.3 Å². The lowest BCUT2D eigenvalue weighted by atomic mass is 9.80. The van der Waals surface area contributed by atoms with E-state index in [2.05, 4.69) is 17.2 Å².